The summed E-state index contributed by atoms with van der Waals surface area (Å²) in [6.07, 6.45) is 22.8. The zero-order valence-electron chi connectivity index (χ0n) is 17.7. The molecule has 1 rings (SSSR count). The number of unbranched alkanes of at least 4 members (excludes halogenated alkanes) is 15. The van der Waals surface area contributed by atoms with Gasteiger partial charge in [0, 0.05) is 4.90 Å². The lowest BCUT2D eigenvalue weighted by Crippen LogP contribution is -1.85. The molecule has 152 valence electrons. The normalized spacial score (nSPS) is 10.8. The van der Waals surface area contributed by atoms with Crippen LogP contribution in [0.15, 0.2) is 29.2 Å². The highest BCUT2D eigenvalue weighted by Crippen LogP contribution is 2.20. The van der Waals surface area contributed by atoms with Crippen LogP contribution in [-0.2, 0) is 0 Å². The molecule has 0 radical (unpaired) electrons. The largest absolute Gasteiger partial charge is 0.192 e. The Kier molecular flexibility index (Phi) is 16.4. The van der Waals surface area contributed by atoms with Gasteiger partial charge in [-0.1, -0.05) is 103 Å². The molecule has 0 unspecified atom stereocenters. The number of thioether (sulfide) groups is 1. The average Bonchev–Trinajstić information content (AvgIpc) is 2.70. The Hall–Kier alpha value is -0.940. The minimum Gasteiger partial charge on any atom is -0.192 e. The molecule has 0 atom stereocenters. The highest BCUT2D eigenvalue weighted by atomic mass is 32.2. The lowest BCUT2D eigenvalue weighted by molar-refractivity contribution is 0.531. The van der Waals surface area contributed by atoms with Gasteiger partial charge in [0.25, 0.3) is 0 Å². The van der Waals surface area contributed by atoms with Crippen LogP contribution in [0.2, 0.25) is 0 Å². The van der Waals surface area contributed by atoms with Crippen LogP contribution in [0.4, 0.5) is 0 Å². The summed E-state index contributed by atoms with van der Waals surface area (Å²) in [5.41, 5.74) is 0.752. The monoisotopic (exact) mass is 387 g/mol. The van der Waals surface area contributed by atoms with E-state index in [-0.39, 0.29) is 0 Å². The summed E-state index contributed by atoms with van der Waals surface area (Å²) < 4.78 is 0. The molecule has 1 aromatic rings. The van der Waals surface area contributed by atoms with Crippen molar-refractivity contribution >= 4 is 11.8 Å². The molecule has 1 aromatic carbocycles. The molecular formula is C25H41NS. The van der Waals surface area contributed by atoms with Crippen molar-refractivity contribution in [1.82, 2.24) is 0 Å². The molecule has 27 heavy (non-hydrogen) atoms. The van der Waals surface area contributed by atoms with Crippen LogP contribution in [0.5, 0.6) is 0 Å². The van der Waals surface area contributed by atoms with Gasteiger partial charge in [-0.15, -0.1) is 11.8 Å². The Labute approximate surface area is 173 Å². The molecule has 0 aliphatic carbocycles. The maximum absolute atomic E-state index is 8.80. The summed E-state index contributed by atoms with van der Waals surface area (Å²) in [4.78, 5) is 1.29. The van der Waals surface area contributed by atoms with Gasteiger partial charge in [0.05, 0.1) is 11.6 Å². The van der Waals surface area contributed by atoms with Gasteiger partial charge < -0.3 is 0 Å². The molecule has 0 amide bonds. The van der Waals surface area contributed by atoms with Crippen molar-refractivity contribution in [3.8, 4) is 6.07 Å². The second-order valence-corrected chi connectivity index (χ2v) is 8.96. The molecule has 0 saturated carbocycles. The van der Waals surface area contributed by atoms with Gasteiger partial charge in [-0.3, -0.25) is 0 Å². The molecule has 0 bridgehead atoms. The van der Waals surface area contributed by atoms with Crippen molar-refractivity contribution in [3.63, 3.8) is 0 Å². The average molecular weight is 388 g/mol. The molecule has 0 aromatic heterocycles. The minimum absolute atomic E-state index is 0.752. The first-order valence-corrected chi connectivity index (χ1v) is 12.5. The van der Waals surface area contributed by atoms with E-state index in [1.54, 1.807) is 0 Å². The number of hydrogen-bond donors (Lipinski definition) is 0. The maximum atomic E-state index is 8.80. The molecule has 1 nitrogen and oxygen atoms in total. The van der Waals surface area contributed by atoms with Gasteiger partial charge in [-0.05, 0) is 36.4 Å². The van der Waals surface area contributed by atoms with Gasteiger partial charge in [-0.25, -0.2) is 0 Å². The predicted molar refractivity (Wildman–Crippen MR) is 121 cm³/mol. The van der Waals surface area contributed by atoms with Crippen LogP contribution >= 0.6 is 11.8 Å². The second kappa shape index (κ2) is 18.4. The van der Waals surface area contributed by atoms with Crippen LogP contribution in [0.1, 0.15) is 115 Å². The summed E-state index contributed by atoms with van der Waals surface area (Å²) in [6.45, 7) is 2.29. The van der Waals surface area contributed by atoms with E-state index in [1.807, 2.05) is 23.9 Å². The second-order valence-electron chi connectivity index (χ2n) is 7.79. The summed E-state index contributed by atoms with van der Waals surface area (Å²) in [6, 6.07) is 10.1. The van der Waals surface area contributed by atoms with Crippen LogP contribution in [0.25, 0.3) is 0 Å². The molecule has 0 aliphatic heterocycles. The third-order valence-electron chi connectivity index (χ3n) is 5.25. The van der Waals surface area contributed by atoms with E-state index in [2.05, 4.69) is 25.1 Å². The molecule has 0 N–H and O–H groups in total. The van der Waals surface area contributed by atoms with Gasteiger partial charge in [0.2, 0.25) is 0 Å². The molecular weight excluding hydrogens is 346 g/mol. The van der Waals surface area contributed by atoms with Crippen molar-refractivity contribution in [3.05, 3.63) is 29.8 Å². The molecule has 2 heteroatoms. The van der Waals surface area contributed by atoms with Gasteiger partial charge in [0.1, 0.15) is 0 Å². The summed E-state index contributed by atoms with van der Waals surface area (Å²) in [5, 5.41) is 8.80. The fourth-order valence-corrected chi connectivity index (χ4v) is 4.38. The Balaban J connectivity index is 1.76. The molecule has 0 saturated heterocycles. The van der Waals surface area contributed by atoms with Crippen LogP contribution in [0.3, 0.4) is 0 Å². The third kappa shape index (κ3) is 14.7. The van der Waals surface area contributed by atoms with E-state index in [4.69, 9.17) is 5.26 Å². The number of benzene rings is 1. The van der Waals surface area contributed by atoms with Gasteiger partial charge in [-0.2, -0.15) is 5.26 Å². The number of hydrogen-bond acceptors (Lipinski definition) is 2. The standard InChI is InChI=1S/C25H41NS/c1-2-3-4-5-6-7-8-9-10-11-12-13-14-15-16-17-22-27-25-20-18-24(23-26)19-21-25/h18-21H,2-17,22H2,1H3. The SMILES string of the molecule is CCCCCCCCCCCCCCCCCCSc1ccc(C#N)cc1. The van der Waals surface area contributed by atoms with E-state index in [1.165, 1.54) is 113 Å². The smallest absolute Gasteiger partial charge is 0.0991 e. The lowest BCUT2D eigenvalue weighted by atomic mass is 10.0. The Morgan fingerprint density at radius 1 is 0.630 bits per heavy atom. The third-order valence-corrected chi connectivity index (χ3v) is 6.35. The summed E-state index contributed by atoms with van der Waals surface area (Å²) in [7, 11) is 0. The minimum atomic E-state index is 0.752. The fourth-order valence-electron chi connectivity index (χ4n) is 3.47. The fraction of sp³-hybridized carbons (Fsp3) is 0.720. The lowest BCUT2D eigenvalue weighted by Gasteiger charge is -2.04. The van der Waals surface area contributed by atoms with E-state index in [9.17, 15) is 0 Å². The quantitative estimate of drug-likeness (QED) is 0.185. The van der Waals surface area contributed by atoms with Crippen LogP contribution in [0, 0.1) is 11.3 Å². The maximum Gasteiger partial charge on any atom is 0.0991 e. The topological polar surface area (TPSA) is 23.8 Å². The van der Waals surface area contributed by atoms with Crippen LogP contribution in [-0.4, -0.2) is 5.75 Å². The van der Waals surface area contributed by atoms with E-state index in [0.29, 0.717) is 0 Å². The van der Waals surface area contributed by atoms with Crippen molar-refractivity contribution in [2.75, 3.05) is 5.75 Å². The van der Waals surface area contributed by atoms with Crippen LogP contribution < -0.4 is 0 Å². The molecule has 0 spiro atoms. The zero-order valence-corrected chi connectivity index (χ0v) is 18.5. The first-order valence-electron chi connectivity index (χ1n) is 11.5. The van der Waals surface area contributed by atoms with Gasteiger partial charge >= 0.3 is 0 Å². The van der Waals surface area contributed by atoms with E-state index in [0.717, 1.165) is 5.56 Å². The van der Waals surface area contributed by atoms with E-state index < -0.39 is 0 Å². The molecule has 0 aliphatic rings. The summed E-state index contributed by atoms with van der Waals surface area (Å²) >= 11 is 1.92. The molecule has 0 fully saturated rings. The Morgan fingerprint density at radius 3 is 1.44 bits per heavy atom. The van der Waals surface area contributed by atoms with Crippen molar-refractivity contribution in [2.24, 2.45) is 0 Å². The van der Waals surface area contributed by atoms with Gasteiger partial charge in [0.15, 0.2) is 0 Å². The van der Waals surface area contributed by atoms with Crippen molar-refractivity contribution in [2.45, 2.75) is 115 Å². The Morgan fingerprint density at radius 2 is 1.04 bits per heavy atom. The number of nitriles is 1. The number of nitrogens with zero attached hydrogens (tertiary/aromatic N) is 1. The zero-order chi connectivity index (χ0) is 19.4. The summed E-state index contributed by atoms with van der Waals surface area (Å²) in [5.74, 6) is 1.20. The predicted octanol–water partition coefficient (Wildman–Crippen LogP) is 8.91. The molecule has 0 heterocycles. The highest BCUT2D eigenvalue weighted by Gasteiger charge is 1.97. The van der Waals surface area contributed by atoms with E-state index >= 15 is 0 Å². The van der Waals surface area contributed by atoms with Crippen molar-refractivity contribution in [1.29, 1.82) is 5.26 Å². The Bertz CT molecular complexity index is 474. The number of rotatable bonds is 18. The van der Waals surface area contributed by atoms with Crippen molar-refractivity contribution < 1.29 is 0 Å². The highest BCUT2D eigenvalue weighted by molar-refractivity contribution is 7.99. The first kappa shape index (κ1) is 24.1. The first-order chi connectivity index (χ1) is 13.4.